The molecular formula is C18H23NO. The van der Waals surface area contributed by atoms with Gasteiger partial charge >= 0.3 is 0 Å². The molecule has 0 spiro atoms. The number of hydrogen-bond donors (Lipinski definition) is 1. The molecule has 0 aliphatic heterocycles. The minimum absolute atomic E-state index is 0.284. The molecule has 0 aromatic heterocycles. The van der Waals surface area contributed by atoms with Gasteiger partial charge in [-0.15, -0.1) is 0 Å². The second-order valence-electron chi connectivity index (χ2n) is 5.56. The van der Waals surface area contributed by atoms with E-state index in [1.807, 2.05) is 0 Å². The molecule has 20 heavy (non-hydrogen) atoms. The molecule has 0 saturated heterocycles. The van der Waals surface area contributed by atoms with Crippen LogP contribution in [0, 0.1) is 0 Å². The summed E-state index contributed by atoms with van der Waals surface area (Å²) in [6.07, 6.45) is 4.28. The Bertz CT molecular complexity index is 557. The number of benzene rings is 2. The van der Waals surface area contributed by atoms with Gasteiger partial charge in [-0.3, -0.25) is 0 Å². The fraction of sp³-hybridized carbons (Fsp3) is 0.444. The summed E-state index contributed by atoms with van der Waals surface area (Å²) in [5, 5.41) is 6.20. The summed E-state index contributed by atoms with van der Waals surface area (Å²) in [4.78, 5) is 0. The lowest BCUT2D eigenvalue weighted by Crippen LogP contribution is -2.30. The zero-order valence-corrected chi connectivity index (χ0v) is 12.1. The predicted molar refractivity (Wildman–Crippen MR) is 84.0 cm³/mol. The molecule has 1 unspecified atom stereocenters. The molecule has 2 aromatic rings. The zero-order chi connectivity index (χ0) is 13.8. The van der Waals surface area contributed by atoms with Crippen LogP contribution in [-0.2, 0) is 4.74 Å². The van der Waals surface area contributed by atoms with E-state index in [4.69, 9.17) is 4.74 Å². The van der Waals surface area contributed by atoms with Gasteiger partial charge in [0.2, 0.25) is 0 Å². The lowest BCUT2D eigenvalue weighted by molar-refractivity contribution is -0.00844. The third-order valence-corrected chi connectivity index (χ3v) is 4.20. The summed E-state index contributed by atoms with van der Waals surface area (Å²) in [5.41, 5.74) is 1.35. The second-order valence-corrected chi connectivity index (χ2v) is 5.56. The van der Waals surface area contributed by atoms with Crippen molar-refractivity contribution in [3.63, 3.8) is 0 Å². The van der Waals surface area contributed by atoms with E-state index < -0.39 is 0 Å². The van der Waals surface area contributed by atoms with Crippen LogP contribution in [0.5, 0.6) is 0 Å². The second kappa shape index (κ2) is 6.38. The highest BCUT2D eigenvalue weighted by Crippen LogP contribution is 2.27. The average molecular weight is 269 g/mol. The first-order valence-electron chi connectivity index (χ1n) is 7.71. The summed E-state index contributed by atoms with van der Waals surface area (Å²) in [6.45, 7) is 3.88. The summed E-state index contributed by atoms with van der Waals surface area (Å²) in [6, 6.07) is 15.4. The quantitative estimate of drug-likeness (QED) is 0.854. The number of fused-ring (bicyclic) bond motifs is 1. The molecule has 1 aliphatic rings. The van der Waals surface area contributed by atoms with Crippen molar-refractivity contribution < 1.29 is 4.74 Å². The first-order chi connectivity index (χ1) is 9.88. The third-order valence-electron chi connectivity index (χ3n) is 4.20. The zero-order valence-electron chi connectivity index (χ0n) is 12.1. The van der Waals surface area contributed by atoms with E-state index in [0.717, 1.165) is 13.2 Å². The van der Waals surface area contributed by atoms with Crippen LogP contribution in [0.1, 0.15) is 37.8 Å². The van der Waals surface area contributed by atoms with Gasteiger partial charge in [-0.05, 0) is 42.1 Å². The molecule has 1 atom stereocenters. The van der Waals surface area contributed by atoms with Crippen molar-refractivity contribution in [1.82, 2.24) is 5.32 Å². The van der Waals surface area contributed by atoms with Crippen molar-refractivity contribution in [1.29, 1.82) is 0 Å². The molecule has 3 rings (SSSR count). The number of hydrogen-bond acceptors (Lipinski definition) is 2. The monoisotopic (exact) mass is 269 g/mol. The van der Waals surface area contributed by atoms with Gasteiger partial charge in [0.1, 0.15) is 0 Å². The van der Waals surface area contributed by atoms with Crippen LogP contribution in [0.3, 0.4) is 0 Å². The maximum absolute atomic E-state index is 6.03. The summed E-state index contributed by atoms with van der Waals surface area (Å²) < 4.78 is 6.03. The first kappa shape index (κ1) is 13.6. The van der Waals surface area contributed by atoms with E-state index in [2.05, 4.69) is 54.7 Å². The van der Waals surface area contributed by atoms with Gasteiger partial charge in [-0.25, -0.2) is 0 Å². The van der Waals surface area contributed by atoms with Crippen LogP contribution in [0.25, 0.3) is 10.8 Å². The Morgan fingerprint density at radius 3 is 2.70 bits per heavy atom. The summed E-state index contributed by atoms with van der Waals surface area (Å²) in [5.74, 6) is 0. The molecule has 0 bridgehead atoms. The highest BCUT2D eigenvalue weighted by Gasteiger charge is 2.21. The fourth-order valence-electron chi connectivity index (χ4n) is 2.83. The standard InChI is InChI=1S/C18H23NO/c1-2-19-18(13-20-15-9-6-10-15)17-12-5-8-14-7-3-4-11-16(14)17/h3-5,7-8,11-12,15,18-19H,2,6,9-10,13H2,1H3. The topological polar surface area (TPSA) is 21.3 Å². The highest BCUT2D eigenvalue weighted by atomic mass is 16.5. The van der Waals surface area contributed by atoms with E-state index >= 15 is 0 Å². The van der Waals surface area contributed by atoms with E-state index in [-0.39, 0.29) is 6.04 Å². The van der Waals surface area contributed by atoms with Gasteiger partial charge in [-0.2, -0.15) is 0 Å². The number of likely N-dealkylation sites (N-methyl/N-ethyl adjacent to an activating group) is 1. The normalized spacial score (nSPS) is 17.1. The molecule has 106 valence electrons. The number of ether oxygens (including phenoxy) is 1. The van der Waals surface area contributed by atoms with Crippen LogP contribution in [0.4, 0.5) is 0 Å². The lowest BCUT2D eigenvalue weighted by atomic mass is 9.95. The molecule has 1 N–H and O–H groups in total. The maximum atomic E-state index is 6.03. The minimum atomic E-state index is 0.284. The van der Waals surface area contributed by atoms with Gasteiger partial charge in [-0.1, -0.05) is 49.4 Å². The van der Waals surface area contributed by atoms with Crippen molar-refractivity contribution in [2.24, 2.45) is 0 Å². The predicted octanol–water partition coefficient (Wildman–Crippen LogP) is 4.06. The lowest BCUT2D eigenvalue weighted by Gasteiger charge is -2.29. The molecule has 0 amide bonds. The van der Waals surface area contributed by atoms with Crippen LogP contribution in [0.2, 0.25) is 0 Å². The van der Waals surface area contributed by atoms with Crippen LogP contribution >= 0.6 is 0 Å². The van der Waals surface area contributed by atoms with Crippen LogP contribution < -0.4 is 5.32 Å². The smallest absolute Gasteiger partial charge is 0.0665 e. The van der Waals surface area contributed by atoms with Crippen molar-refractivity contribution in [3.8, 4) is 0 Å². The Morgan fingerprint density at radius 2 is 1.95 bits per heavy atom. The molecule has 1 fully saturated rings. The van der Waals surface area contributed by atoms with Gasteiger partial charge < -0.3 is 10.1 Å². The van der Waals surface area contributed by atoms with E-state index in [1.165, 1.54) is 35.6 Å². The van der Waals surface area contributed by atoms with Crippen molar-refractivity contribution in [3.05, 3.63) is 48.0 Å². The summed E-state index contributed by atoms with van der Waals surface area (Å²) in [7, 11) is 0. The minimum Gasteiger partial charge on any atom is -0.376 e. The Balaban J connectivity index is 1.83. The highest BCUT2D eigenvalue weighted by molar-refractivity contribution is 5.86. The van der Waals surface area contributed by atoms with Gasteiger partial charge in [0.15, 0.2) is 0 Å². The third kappa shape index (κ3) is 2.87. The SMILES string of the molecule is CCNC(COC1CCC1)c1cccc2ccccc12. The Morgan fingerprint density at radius 1 is 1.15 bits per heavy atom. The molecule has 0 radical (unpaired) electrons. The van der Waals surface area contributed by atoms with Crippen LogP contribution in [0.15, 0.2) is 42.5 Å². The fourth-order valence-corrected chi connectivity index (χ4v) is 2.83. The number of rotatable bonds is 6. The molecule has 2 heteroatoms. The molecule has 1 saturated carbocycles. The van der Waals surface area contributed by atoms with E-state index in [9.17, 15) is 0 Å². The molecular weight excluding hydrogens is 246 g/mol. The average Bonchev–Trinajstić information content (AvgIpc) is 2.44. The molecule has 2 nitrogen and oxygen atoms in total. The van der Waals surface area contributed by atoms with Gasteiger partial charge in [0.25, 0.3) is 0 Å². The van der Waals surface area contributed by atoms with Crippen molar-refractivity contribution >= 4 is 10.8 Å². The van der Waals surface area contributed by atoms with Crippen molar-refractivity contribution in [2.45, 2.75) is 38.3 Å². The van der Waals surface area contributed by atoms with E-state index in [0.29, 0.717) is 6.10 Å². The summed E-state index contributed by atoms with van der Waals surface area (Å²) >= 11 is 0. The van der Waals surface area contributed by atoms with Gasteiger partial charge in [0, 0.05) is 0 Å². The van der Waals surface area contributed by atoms with Gasteiger partial charge in [0.05, 0.1) is 18.8 Å². The Hall–Kier alpha value is -1.38. The number of nitrogens with one attached hydrogen (secondary N) is 1. The van der Waals surface area contributed by atoms with Crippen LogP contribution in [-0.4, -0.2) is 19.3 Å². The largest absolute Gasteiger partial charge is 0.376 e. The maximum Gasteiger partial charge on any atom is 0.0665 e. The Kier molecular flexibility index (Phi) is 4.34. The molecule has 2 aromatic carbocycles. The molecule has 1 aliphatic carbocycles. The molecule has 0 heterocycles. The first-order valence-corrected chi connectivity index (χ1v) is 7.71. The Labute approximate surface area is 121 Å². The van der Waals surface area contributed by atoms with E-state index in [1.54, 1.807) is 0 Å². The van der Waals surface area contributed by atoms with Crippen molar-refractivity contribution in [2.75, 3.05) is 13.2 Å².